The highest BCUT2D eigenvalue weighted by atomic mass is 32.1. The second kappa shape index (κ2) is 20.8. The van der Waals surface area contributed by atoms with Crippen molar-refractivity contribution in [1.82, 2.24) is 25.8 Å². The van der Waals surface area contributed by atoms with Gasteiger partial charge in [0, 0.05) is 37.0 Å². The van der Waals surface area contributed by atoms with Crippen molar-refractivity contribution < 1.29 is 34.1 Å². The number of amides is 3. The topological polar surface area (TPSA) is 170 Å². The van der Waals surface area contributed by atoms with Gasteiger partial charge >= 0.3 is 5.97 Å². The highest BCUT2D eigenvalue weighted by molar-refractivity contribution is 7.09. The van der Waals surface area contributed by atoms with Gasteiger partial charge in [-0.2, -0.15) is 0 Å². The quantitative estimate of drug-likeness (QED) is 0.102. The van der Waals surface area contributed by atoms with Crippen LogP contribution in [0.3, 0.4) is 0 Å². The summed E-state index contributed by atoms with van der Waals surface area (Å²) in [6.07, 6.45) is 3.66. The number of phenols is 1. The Bertz CT molecular complexity index is 1520. The molecular formula is C40H63N5O7S. The zero-order valence-electron chi connectivity index (χ0n) is 33.1. The molecule has 1 aliphatic carbocycles. The zero-order chi connectivity index (χ0) is 39.4. The third-order valence-electron chi connectivity index (χ3n) is 10.6. The predicted molar refractivity (Wildman–Crippen MR) is 208 cm³/mol. The Hall–Kier alpha value is -3.55. The summed E-state index contributed by atoms with van der Waals surface area (Å²) in [6.45, 7) is 17.3. The van der Waals surface area contributed by atoms with Gasteiger partial charge in [-0.25, -0.2) is 4.98 Å². The van der Waals surface area contributed by atoms with Gasteiger partial charge in [-0.1, -0.05) is 74.3 Å². The molecule has 0 aliphatic heterocycles. The fraction of sp³-hybridized carbons (Fsp3) is 0.675. The van der Waals surface area contributed by atoms with Gasteiger partial charge in [0.25, 0.3) is 5.91 Å². The molecule has 1 aromatic heterocycles. The second-order valence-electron chi connectivity index (χ2n) is 14.9. The maximum absolute atomic E-state index is 14.6. The number of benzene rings is 1. The number of hydrogen-bond donors (Lipinski definition) is 5. The molecule has 1 aliphatic rings. The average Bonchev–Trinajstić information content (AvgIpc) is 3.63. The van der Waals surface area contributed by atoms with E-state index >= 15 is 0 Å². The Morgan fingerprint density at radius 2 is 1.70 bits per heavy atom. The number of aromatic hydroxyl groups is 1. The van der Waals surface area contributed by atoms with Crippen LogP contribution in [-0.2, 0) is 25.5 Å². The van der Waals surface area contributed by atoms with E-state index in [9.17, 15) is 29.4 Å². The Kier molecular flexibility index (Phi) is 17.2. The Labute approximate surface area is 319 Å². The summed E-state index contributed by atoms with van der Waals surface area (Å²) < 4.78 is 6.39. The minimum absolute atomic E-state index is 0.0102. The van der Waals surface area contributed by atoms with Gasteiger partial charge in [0.2, 0.25) is 11.8 Å². The maximum atomic E-state index is 14.6. The van der Waals surface area contributed by atoms with Crippen molar-refractivity contribution in [3.05, 3.63) is 45.4 Å². The van der Waals surface area contributed by atoms with E-state index in [1.54, 1.807) is 18.5 Å². The van der Waals surface area contributed by atoms with Gasteiger partial charge in [-0.15, -0.1) is 11.3 Å². The highest BCUT2D eigenvalue weighted by Crippen LogP contribution is 2.35. The predicted octanol–water partition coefficient (Wildman–Crippen LogP) is 6.05. The van der Waals surface area contributed by atoms with E-state index in [0.29, 0.717) is 36.6 Å². The Morgan fingerprint density at radius 1 is 1.02 bits per heavy atom. The molecule has 53 heavy (non-hydrogen) atoms. The van der Waals surface area contributed by atoms with E-state index in [2.05, 4.69) is 29.8 Å². The minimum atomic E-state index is -1.01. The number of hydrogen-bond acceptors (Lipinski definition) is 9. The first-order chi connectivity index (χ1) is 25.2. The molecular weight excluding hydrogens is 695 g/mol. The monoisotopic (exact) mass is 757 g/mol. The molecule has 1 heterocycles. The lowest BCUT2D eigenvalue weighted by Crippen LogP contribution is -2.59. The Morgan fingerprint density at radius 3 is 2.28 bits per heavy atom. The molecule has 0 radical (unpaired) electrons. The summed E-state index contributed by atoms with van der Waals surface area (Å²) >= 11 is 1.33. The first-order valence-electron chi connectivity index (χ1n) is 19.4. The summed E-state index contributed by atoms with van der Waals surface area (Å²) in [5.41, 5.74) is 1.56. The van der Waals surface area contributed by atoms with Gasteiger partial charge in [0.1, 0.15) is 28.6 Å². The van der Waals surface area contributed by atoms with E-state index < -0.39 is 42.0 Å². The van der Waals surface area contributed by atoms with E-state index in [4.69, 9.17) is 9.72 Å². The zero-order valence-corrected chi connectivity index (χ0v) is 33.9. The van der Waals surface area contributed by atoms with Crippen LogP contribution in [-0.4, -0.2) is 88.2 Å². The number of aromatic nitrogens is 1. The molecule has 5 N–H and O–H groups in total. The van der Waals surface area contributed by atoms with Crippen molar-refractivity contribution in [1.29, 1.82) is 0 Å². The van der Waals surface area contributed by atoms with E-state index in [0.717, 1.165) is 31.2 Å². The van der Waals surface area contributed by atoms with E-state index in [1.807, 2.05) is 46.4 Å². The number of likely N-dealkylation sites (N-methyl/N-ethyl adjacent to an activating group) is 1. The second-order valence-corrected chi connectivity index (χ2v) is 15.8. The largest absolute Gasteiger partial charge is 0.508 e. The molecule has 3 amide bonds. The molecule has 1 unspecified atom stereocenters. The van der Waals surface area contributed by atoms with Crippen LogP contribution in [0.2, 0.25) is 0 Å². The van der Waals surface area contributed by atoms with Crippen LogP contribution in [0, 0.1) is 17.8 Å². The molecule has 296 valence electrons. The van der Waals surface area contributed by atoms with Crippen LogP contribution in [0.15, 0.2) is 23.6 Å². The lowest BCUT2D eigenvalue weighted by molar-refractivity contribution is -0.142. The molecule has 13 heteroatoms. The third kappa shape index (κ3) is 11.5. The van der Waals surface area contributed by atoms with Crippen molar-refractivity contribution in [3.63, 3.8) is 0 Å². The third-order valence-corrected chi connectivity index (χ3v) is 11.6. The van der Waals surface area contributed by atoms with Crippen molar-refractivity contribution in [2.24, 2.45) is 17.8 Å². The lowest BCUT2D eigenvalue weighted by Gasteiger charge is -2.39. The number of fused-ring (bicyclic) bond motifs is 1. The number of rotatable bonds is 21. The standard InChI is InChI=1S/C40H63N5O7S/c1-10-16-45(39(49)35(25(8)13-4)44-37(48)34(41-9)24(7)12-3)32(23(5)6)21-33(52-17-11-2)38-43-31(22-53-38)36(47)42-27-18-26-14-15-28(46)20-29(26)30(19-27)40(50)51/h14-15,20,22-25,27,30,32-35,41,46H,10-13,16-19,21H2,1-9H3,(H,42,47)(H,44,48)(H,50,51)/t24-,25-,27-,30+,32?,33+,34-,35-/m0/s1. The molecule has 1 aromatic carbocycles. The van der Waals surface area contributed by atoms with Crippen molar-refractivity contribution in [3.8, 4) is 5.75 Å². The molecule has 3 rings (SSSR count). The highest BCUT2D eigenvalue weighted by Gasteiger charge is 2.38. The Balaban J connectivity index is 1.86. The molecule has 0 fully saturated rings. The van der Waals surface area contributed by atoms with Crippen molar-refractivity contribution in [2.75, 3.05) is 20.2 Å². The summed E-state index contributed by atoms with van der Waals surface area (Å²) in [5.74, 6) is -2.47. The smallest absolute Gasteiger partial charge is 0.311 e. The molecule has 0 spiro atoms. The number of nitrogens with one attached hydrogen (secondary N) is 3. The van der Waals surface area contributed by atoms with Crippen LogP contribution >= 0.6 is 11.3 Å². The summed E-state index contributed by atoms with van der Waals surface area (Å²) in [7, 11) is 1.77. The van der Waals surface area contributed by atoms with Gasteiger partial charge in [0.05, 0.1) is 12.0 Å². The van der Waals surface area contributed by atoms with E-state index in [1.165, 1.54) is 23.5 Å². The first-order valence-corrected chi connectivity index (χ1v) is 20.3. The molecule has 2 aromatic rings. The fourth-order valence-corrected chi connectivity index (χ4v) is 8.03. The molecule has 0 saturated carbocycles. The first kappa shape index (κ1) is 43.9. The van der Waals surface area contributed by atoms with Gasteiger partial charge in [-0.3, -0.25) is 19.2 Å². The van der Waals surface area contributed by atoms with Crippen molar-refractivity contribution >= 4 is 35.0 Å². The number of nitrogens with zero attached hydrogens (tertiary/aromatic N) is 2. The number of aliphatic carboxylic acids is 1. The molecule has 0 bridgehead atoms. The van der Waals surface area contributed by atoms with Crippen molar-refractivity contribution in [2.45, 2.75) is 137 Å². The van der Waals surface area contributed by atoms with Crippen LogP contribution in [0.25, 0.3) is 0 Å². The average molecular weight is 758 g/mol. The fourth-order valence-electron chi connectivity index (χ4n) is 7.17. The van der Waals surface area contributed by atoms with Gasteiger partial charge in [0.15, 0.2) is 0 Å². The molecule has 12 nitrogen and oxygen atoms in total. The number of phenolic OH excluding ortho intramolecular Hbond substituents is 1. The summed E-state index contributed by atoms with van der Waals surface area (Å²) in [5, 5.41) is 31.4. The minimum Gasteiger partial charge on any atom is -0.508 e. The van der Waals surface area contributed by atoms with Gasteiger partial charge in [-0.05, 0) is 73.7 Å². The number of carbonyl (C=O) groups is 4. The molecule has 8 atom stereocenters. The number of carboxylic acids is 1. The normalized spacial score (nSPS) is 19.0. The number of ether oxygens (including phenoxy) is 1. The number of thiazole rings is 1. The van der Waals surface area contributed by atoms with E-state index in [-0.39, 0.29) is 53.5 Å². The number of carboxylic acid groups (broad SMARTS) is 1. The van der Waals surface area contributed by atoms with Crippen LogP contribution in [0.1, 0.15) is 133 Å². The molecule has 0 saturated heterocycles. The summed E-state index contributed by atoms with van der Waals surface area (Å²) in [4.78, 5) is 60.4. The van der Waals surface area contributed by atoms with Crippen LogP contribution < -0.4 is 16.0 Å². The summed E-state index contributed by atoms with van der Waals surface area (Å²) in [6, 6.07) is 2.95. The number of carbonyl (C=O) groups excluding carboxylic acids is 3. The van der Waals surface area contributed by atoms with Crippen LogP contribution in [0.4, 0.5) is 0 Å². The van der Waals surface area contributed by atoms with Gasteiger partial charge < -0.3 is 35.8 Å². The SMILES string of the molecule is CCCO[C@H](CC(C(C)C)N(CCC)C(=O)[C@@H](NC(=O)[C@@H](NC)[C@@H](C)CC)[C@@H](C)CC)c1nc(C(=O)N[C@H]2Cc3ccc(O)cc3[C@H](C(=O)O)C2)cs1. The maximum Gasteiger partial charge on any atom is 0.311 e. The lowest BCUT2D eigenvalue weighted by atomic mass is 9.80. The van der Waals surface area contributed by atoms with Crippen LogP contribution in [0.5, 0.6) is 5.75 Å².